The zero-order valence-corrected chi connectivity index (χ0v) is 9.49. The number of thiocarbonyl (C=S) groups is 1. The van der Waals surface area contributed by atoms with Crippen LogP contribution in [0.1, 0.15) is 20.3 Å². The highest BCUT2D eigenvalue weighted by Crippen LogP contribution is 2.17. The first kappa shape index (κ1) is 11.4. The van der Waals surface area contributed by atoms with Crippen LogP contribution < -0.4 is 11.1 Å². The van der Waals surface area contributed by atoms with Gasteiger partial charge in [-0.3, -0.25) is 9.69 Å². The van der Waals surface area contributed by atoms with Gasteiger partial charge in [0.05, 0.1) is 10.5 Å². The summed E-state index contributed by atoms with van der Waals surface area (Å²) in [6.07, 6.45) is 0.673. The van der Waals surface area contributed by atoms with E-state index in [1.807, 2.05) is 13.8 Å². The smallest absolute Gasteiger partial charge is 0.239 e. The summed E-state index contributed by atoms with van der Waals surface area (Å²) in [4.78, 5) is 14.2. The quantitative estimate of drug-likeness (QED) is 0.644. The second-order valence-corrected chi connectivity index (χ2v) is 4.54. The second-order valence-electron chi connectivity index (χ2n) is 4.02. The van der Waals surface area contributed by atoms with Crippen LogP contribution in [0.2, 0.25) is 0 Å². The van der Waals surface area contributed by atoms with Crippen molar-refractivity contribution in [3.05, 3.63) is 0 Å². The van der Waals surface area contributed by atoms with E-state index >= 15 is 0 Å². The number of nitrogens with zero attached hydrogens (tertiary/aromatic N) is 1. The molecule has 0 aromatic rings. The van der Waals surface area contributed by atoms with E-state index < -0.39 is 5.54 Å². The Hall–Kier alpha value is -0.680. The molecule has 1 aliphatic heterocycles. The maximum absolute atomic E-state index is 11.6. The van der Waals surface area contributed by atoms with Gasteiger partial charge in [-0.15, -0.1) is 0 Å². The minimum atomic E-state index is -0.441. The Morgan fingerprint density at radius 3 is 2.93 bits per heavy atom. The number of carbonyl (C=O) groups excluding carboxylic acids is 1. The molecular formula is C9H17N3OS. The molecule has 0 saturated carbocycles. The topological polar surface area (TPSA) is 58.4 Å². The molecule has 5 heteroatoms. The monoisotopic (exact) mass is 215 g/mol. The molecule has 0 aromatic heterocycles. The number of nitrogens with one attached hydrogen (secondary N) is 1. The third-order valence-corrected chi connectivity index (χ3v) is 2.85. The maximum Gasteiger partial charge on any atom is 0.239 e. The van der Waals surface area contributed by atoms with Crippen LogP contribution in [-0.2, 0) is 4.79 Å². The fourth-order valence-electron chi connectivity index (χ4n) is 1.58. The fourth-order valence-corrected chi connectivity index (χ4v) is 1.67. The molecule has 0 unspecified atom stereocenters. The lowest BCUT2D eigenvalue weighted by atomic mass is 9.99. The summed E-state index contributed by atoms with van der Waals surface area (Å²) in [7, 11) is 0. The van der Waals surface area contributed by atoms with Crippen LogP contribution in [0.25, 0.3) is 0 Å². The van der Waals surface area contributed by atoms with Gasteiger partial charge in [0.25, 0.3) is 0 Å². The van der Waals surface area contributed by atoms with Crippen molar-refractivity contribution in [1.29, 1.82) is 0 Å². The van der Waals surface area contributed by atoms with Gasteiger partial charge in [0.2, 0.25) is 5.91 Å². The van der Waals surface area contributed by atoms with Crippen molar-refractivity contribution >= 4 is 23.1 Å². The molecule has 14 heavy (non-hydrogen) atoms. The van der Waals surface area contributed by atoms with Gasteiger partial charge in [0.1, 0.15) is 0 Å². The van der Waals surface area contributed by atoms with Crippen LogP contribution in [0.15, 0.2) is 0 Å². The molecule has 1 saturated heterocycles. The van der Waals surface area contributed by atoms with Crippen LogP contribution in [0.3, 0.4) is 0 Å². The Morgan fingerprint density at radius 2 is 2.36 bits per heavy atom. The number of hydrogen-bond acceptors (Lipinski definition) is 3. The molecule has 0 aliphatic carbocycles. The summed E-state index contributed by atoms with van der Waals surface area (Å²) in [5.74, 6) is 0.0756. The van der Waals surface area contributed by atoms with E-state index in [-0.39, 0.29) is 5.91 Å². The summed E-state index contributed by atoms with van der Waals surface area (Å²) in [6, 6.07) is 0. The van der Waals surface area contributed by atoms with Crippen molar-refractivity contribution in [2.24, 2.45) is 5.73 Å². The summed E-state index contributed by atoms with van der Waals surface area (Å²) < 4.78 is 0. The van der Waals surface area contributed by atoms with Gasteiger partial charge >= 0.3 is 0 Å². The van der Waals surface area contributed by atoms with Crippen molar-refractivity contribution in [3.8, 4) is 0 Å². The number of rotatable bonds is 3. The Bertz CT molecular complexity index is 252. The van der Waals surface area contributed by atoms with E-state index in [2.05, 4.69) is 10.2 Å². The number of carbonyl (C=O) groups is 1. The summed E-state index contributed by atoms with van der Waals surface area (Å²) >= 11 is 4.82. The standard InChI is InChI=1S/C9H17N3OS/c1-9(2)8(13)11-4-6-12(9)5-3-7(10)14/h3-6H2,1-2H3,(H2,10,14)(H,11,13). The van der Waals surface area contributed by atoms with E-state index in [1.54, 1.807) is 0 Å². The molecule has 0 radical (unpaired) electrons. The van der Waals surface area contributed by atoms with Gasteiger partial charge in [-0.1, -0.05) is 12.2 Å². The van der Waals surface area contributed by atoms with Crippen LogP contribution in [0, 0.1) is 0 Å². The van der Waals surface area contributed by atoms with Gasteiger partial charge in [0, 0.05) is 26.1 Å². The van der Waals surface area contributed by atoms with Crippen molar-refractivity contribution in [3.63, 3.8) is 0 Å². The Labute approximate surface area is 89.8 Å². The highest BCUT2D eigenvalue weighted by molar-refractivity contribution is 7.80. The predicted molar refractivity (Wildman–Crippen MR) is 60.1 cm³/mol. The molecule has 0 bridgehead atoms. The SMILES string of the molecule is CC1(C)C(=O)NCCN1CCC(N)=S. The Balaban J connectivity index is 2.58. The molecule has 0 spiro atoms. The van der Waals surface area contributed by atoms with Gasteiger partial charge in [-0.25, -0.2) is 0 Å². The predicted octanol–water partition coefficient (Wildman–Crippen LogP) is -0.127. The lowest BCUT2D eigenvalue weighted by molar-refractivity contribution is -0.134. The number of nitrogens with two attached hydrogens (primary N) is 1. The van der Waals surface area contributed by atoms with E-state index in [0.717, 1.165) is 13.1 Å². The zero-order valence-electron chi connectivity index (χ0n) is 8.67. The molecule has 1 aliphatic rings. The van der Waals surface area contributed by atoms with Crippen LogP contribution in [0.4, 0.5) is 0 Å². The average molecular weight is 215 g/mol. The first-order valence-electron chi connectivity index (χ1n) is 4.76. The normalized spacial score (nSPS) is 21.7. The highest BCUT2D eigenvalue weighted by atomic mass is 32.1. The molecule has 1 amide bonds. The van der Waals surface area contributed by atoms with E-state index in [1.165, 1.54) is 0 Å². The lowest BCUT2D eigenvalue weighted by Crippen LogP contribution is -2.62. The Morgan fingerprint density at radius 1 is 1.71 bits per heavy atom. The van der Waals surface area contributed by atoms with Gasteiger partial charge in [0.15, 0.2) is 0 Å². The fraction of sp³-hybridized carbons (Fsp3) is 0.778. The van der Waals surface area contributed by atoms with Crippen molar-refractivity contribution in [1.82, 2.24) is 10.2 Å². The van der Waals surface area contributed by atoms with E-state index in [0.29, 0.717) is 18.0 Å². The maximum atomic E-state index is 11.6. The third kappa shape index (κ3) is 2.42. The first-order chi connectivity index (χ1) is 6.44. The van der Waals surface area contributed by atoms with Crippen molar-refractivity contribution in [2.45, 2.75) is 25.8 Å². The molecule has 1 heterocycles. The lowest BCUT2D eigenvalue weighted by Gasteiger charge is -2.41. The average Bonchev–Trinajstić information content (AvgIpc) is 2.07. The minimum Gasteiger partial charge on any atom is -0.393 e. The van der Waals surface area contributed by atoms with E-state index in [4.69, 9.17) is 18.0 Å². The summed E-state index contributed by atoms with van der Waals surface area (Å²) in [6.45, 7) is 6.17. The highest BCUT2D eigenvalue weighted by Gasteiger charge is 2.36. The molecule has 1 fully saturated rings. The van der Waals surface area contributed by atoms with Crippen molar-refractivity contribution < 1.29 is 4.79 Å². The third-order valence-electron chi connectivity index (χ3n) is 2.64. The molecule has 0 aromatic carbocycles. The molecule has 1 rings (SSSR count). The molecule has 3 N–H and O–H groups in total. The Kier molecular flexibility index (Phi) is 3.44. The number of hydrogen-bond donors (Lipinski definition) is 2. The first-order valence-corrected chi connectivity index (χ1v) is 5.17. The van der Waals surface area contributed by atoms with Crippen LogP contribution in [-0.4, -0.2) is 41.0 Å². The molecule has 0 atom stereocenters. The van der Waals surface area contributed by atoms with Gasteiger partial charge in [-0.05, 0) is 13.8 Å². The number of amides is 1. The summed E-state index contributed by atoms with van der Waals surface area (Å²) in [5.41, 5.74) is 5.00. The molecule has 4 nitrogen and oxygen atoms in total. The largest absolute Gasteiger partial charge is 0.393 e. The van der Waals surface area contributed by atoms with E-state index in [9.17, 15) is 4.79 Å². The summed E-state index contributed by atoms with van der Waals surface area (Å²) in [5, 5.41) is 2.85. The zero-order chi connectivity index (χ0) is 10.8. The molecular weight excluding hydrogens is 198 g/mol. The van der Waals surface area contributed by atoms with Gasteiger partial charge < -0.3 is 11.1 Å². The second kappa shape index (κ2) is 4.23. The van der Waals surface area contributed by atoms with Crippen LogP contribution in [0.5, 0.6) is 0 Å². The van der Waals surface area contributed by atoms with Gasteiger partial charge in [-0.2, -0.15) is 0 Å². The number of piperazine rings is 1. The van der Waals surface area contributed by atoms with Crippen LogP contribution >= 0.6 is 12.2 Å². The molecule has 80 valence electrons. The minimum absolute atomic E-state index is 0.0756. The van der Waals surface area contributed by atoms with Crippen molar-refractivity contribution in [2.75, 3.05) is 19.6 Å².